The first-order chi connectivity index (χ1) is 9.47. The Morgan fingerprint density at radius 3 is 2.65 bits per heavy atom. The molecular formula is C15H21ClN2O2. The molecule has 5 heteroatoms. The van der Waals surface area contributed by atoms with Crippen LogP contribution in [0.1, 0.15) is 28.8 Å². The quantitative estimate of drug-likeness (QED) is 0.927. The molecule has 1 aliphatic heterocycles. The first kappa shape index (κ1) is 15.3. The molecule has 1 aromatic rings. The fourth-order valence-electron chi connectivity index (χ4n) is 2.64. The summed E-state index contributed by atoms with van der Waals surface area (Å²) in [6.45, 7) is 3.01. The van der Waals surface area contributed by atoms with Crippen LogP contribution in [0.25, 0.3) is 0 Å². The number of rotatable bonds is 4. The molecule has 0 aliphatic carbocycles. The minimum Gasteiger partial charge on any atom is -0.478 e. The number of halogens is 1. The topological polar surface area (TPSA) is 43.8 Å². The second-order valence-corrected chi connectivity index (χ2v) is 5.97. The average molecular weight is 297 g/mol. The van der Waals surface area contributed by atoms with Crippen LogP contribution < -0.4 is 0 Å². The van der Waals surface area contributed by atoms with Gasteiger partial charge in [-0.15, -0.1) is 0 Å². The van der Waals surface area contributed by atoms with Gasteiger partial charge < -0.3 is 10.0 Å². The highest BCUT2D eigenvalue weighted by Crippen LogP contribution is 2.22. The number of piperidine rings is 1. The van der Waals surface area contributed by atoms with Crippen LogP contribution in [0.4, 0.5) is 0 Å². The summed E-state index contributed by atoms with van der Waals surface area (Å²) in [5.41, 5.74) is 1.22. The minimum atomic E-state index is -0.942. The van der Waals surface area contributed by atoms with Crippen LogP contribution in [0.2, 0.25) is 5.02 Å². The van der Waals surface area contributed by atoms with E-state index in [0.717, 1.165) is 38.0 Å². The van der Waals surface area contributed by atoms with Gasteiger partial charge in [-0.3, -0.25) is 4.90 Å². The fourth-order valence-corrected chi connectivity index (χ4v) is 2.88. The third kappa shape index (κ3) is 3.72. The highest BCUT2D eigenvalue weighted by molar-refractivity contribution is 6.31. The summed E-state index contributed by atoms with van der Waals surface area (Å²) in [7, 11) is 4.26. The molecule has 1 saturated heterocycles. The normalized spacial score (nSPS) is 17.6. The molecule has 1 aromatic carbocycles. The zero-order chi connectivity index (χ0) is 14.7. The molecule has 110 valence electrons. The summed E-state index contributed by atoms with van der Waals surface area (Å²) in [5, 5.41) is 9.47. The fraction of sp³-hybridized carbons (Fsp3) is 0.533. The van der Waals surface area contributed by atoms with Gasteiger partial charge in [-0.05, 0) is 57.7 Å². The van der Waals surface area contributed by atoms with Gasteiger partial charge in [-0.1, -0.05) is 17.7 Å². The van der Waals surface area contributed by atoms with E-state index in [9.17, 15) is 4.79 Å². The Kier molecular flexibility index (Phi) is 5.02. The van der Waals surface area contributed by atoms with Gasteiger partial charge in [0.25, 0.3) is 0 Å². The maximum absolute atomic E-state index is 10.9. The lowest BCUT2D eigenvalue weighted by atomic mass is 10.0. The molecule has 1 fully saturated rings. The molecule has 1 N–H and O–H groups in total. The number of carbonyl (C=O) groups is 1. The van der Waals surface area contributed by atoms with Crippen LogP contribution in [-0.2, 0) is 6.54 Å². The summed E-state index contributed by atoms with van der Waals surface area (Å²) in [6, 6.07) is 5.53. The van der Waals surface area contributed by atoms with Gasteiger partial charge in [0.1, 0.15) is 0 Å². The van der Waals surface area contributed by atoms with E-state index >= 15 is 0 Å². The number of hydrogen-bond acceptors (Lipinski definition) is 3. The van der Waals surface area contributed by atoms with E-state index in [2.05, 4.69) is 23.9 Å². The number of likely N-dealkylation sites (tertiary alicyclic amines) is 1. The van der Waals surface area contributed by atoms with Gasteiger partial charge in [0.15, 0.2) is 0 Å². The monoisotopic (exact) mass is 296 g/mol. The van der Waals surface area contributed by atoms with Crippen molar-refractivity contribution >= 4 is 17.6 Å². The maximum Gasteiger partial charge on any atom is 0.335 e. The van der Waals surface area contributed by atoms with Crippen molar-refractivity contribution in [2.75, 3.05) is 27.2 Å². The summed E-state index contributed by atoms with van der Waals surface area (Å²) in [4.78, 5) is 15.6. The summed E-state index contributed by atoms with van der Waals surface area (Å²) < 4.78 is 0. The number of hydrogen-bond donors (Lipinski definition) is 1. The Hall–Kier alpha value is -1.10. The number of carboxylic acids is 1. The van der Waals surface area contributed by atoms with Crippen molar-refractivity contribution in [3.63, 3.8) is 0 Å². The first-order valence-electron chi connectivity index (χ1n) is 6.88. The Morgan fingerprint density at radius 2 is 2.10 bits per heavy atom. The van der Waals surface area contributed by atoms with Crippen LogP contribution in [0, 0.1) is 0 Å². The van der Waals surface area contributed by atoms with Crippen molar-refractivity contribution in [1.82, 2.24) is 9.80 Å². The second-order valence-electron chi connectivity index (χ2n) is 5.56. The largest absolute Gasteiger partial charge is 0.478 e. The summed E-state index contributed by atoms with van der Waals surface area (Å²) >= 11 is 6.18. The third-order valence-electron chi connectivity index (χ3n) is 4.03. The standard InChI is InChI=1S/C15H21ClN2O2/c1-17-7-5-13(6-8-17)18(2)10-12-4-3-11(15(19)20)9-14(12)16/h3-4,9,13H,5-8,10H2,1-2H3,(H,19,20). The minimum absolute atomic E-state index is 0.237. The SMILES string of the molecule is CN1CCC(N(C)Cc2ccc(C(=O)O)cc2Cl)CC1. The van der Waals surface area contributed by atoms with Gasteiger partial charge in [-0.25, -0.2) is 4.79 Å². The van der Waals surface area contributed by atoms with Crippen LogP contribution in [0.5, 0.6) is 0 Å². The number of nitrogens with zero attached hydrogens (tertiary/aromatic N) is 2. The molecular weight excluding hydrogens is 276 g/mol. The predicted molar refractivity (Wildman–Crippen MR) is 80.4 cm³/mol. The van der Waals surface area contributed by atoms with Crippen molar-refractivity contribution in [3.8, 4) is 0 Å². The van der Waals surface area contributed by atoms with Crippen molar-refractivity contribution in [2.24, 2.45) is 0 Å². The molecule has 0 unspecified atom stereocenters. The lowest BCUT2D eigenvalue weighted by Gasteiger charge is -2.35. The van der Waals surface area contributed by atoms with Crippen LogP contribution >= 0.6 is 11.6 Å². The highest BCUT2D eigenvalue weighted by atomic mass is 35.5. The third-order valence-corrected chi connectivity index (χ3v) is 4.38. The molecule has 0 radical (unpaired) electrons. The lowest BCUT2D eigenvalue weighted by molar-refractivity contribution is 0.0697. The Morgan fingerprint density at radius 1 is 1.45 bits per heavy atom. The number of carboxylic acid groups (broad SMARTS) is 1. The van der Waals surface area contributed by atoms with E-state index in [4.69, 9.17) is 16.7 Å². The smallest absolute Gasteiger partial charge is 0.335 e. The molecule has 0 aromatic heterocycles. The van der Waals surface area contributed by atoms with Crippen molar-refractivity contribution in [2.45, 2.75) is 25.4 Å². The Balaban J connectivity index is 2.00. The van der Waals surface area contributed by atoms with Gasteiger partial charge >= 0.3 is 5.97 Å². The van der Waals surface area contributed by atoms with Crippen molar-refractivity contribution in [1.29, 1.82) is 0 Å². The van der Waals surface area contributed by atoms with E-state index in [0.29, 0.717) is 11.1 Å². The van der Waals surface area contributed by atoms with Gasteiger partial charge in [0, 0.05) is 17.6 Å². The Labute approximate surface area is 124 Å². The zero-order valence-corrected chi connectivity index (χ0v) is 12.7. The highest BCUT2D eigenvalue weighted by Gasteiger charge is 2.21. The average Bonchev–Trinajstić information content (AvgIpc) is 2.41. The van der Waals surface area contributed by atoms with Gasteiger partial charge in [0.2, 0.25) is 0 Å². The summed E-state index contributed by atoms with van der Waals surface area (Å²) in [5.74, 6) is -0.942. The van der Waals surface area contributed by atoms with Crippen LogP contribution in [0.15, 0.2) is 18.2 Å². The second kappa shape index (κ2) is 6.57. The molecule has 0 amide bonds. The molecule has 1 heterocycles. The molecule has 2 rings (SSSR count). The molecule has 0 saturated carbocycles. The van der Waals surface area contributed by atoms with Gasteiger partial charge in [-0.2, -0.15) is 0 Å². The lowest BCUT2D eigenvalue weighted by Crippen LogP contribution is -2.41. The number of benzene rings is 1. The predicted octanol–water partition coefficient (Wildman–Crippen LogP) is 2.56. The molecule has 0 bridgehead atoms. The van der Waals surface area contributed by atoms with E-state index < -0.39 is 5.97 Å². The molecule has 20 heavy (non-hydrogen) atoms. The summed E-state index contributed by atoms with van der Waals surface area (Å²) in [6.07, 6.45) is 2.33. The van der Waals surface area contributed by atoms with Crippen LogP contribution in [0.3, 0.4) is 0 Å². The molecule has 4 nitrogen and oxygen atoms in total. The molecule has 1 aliphatic rings. The molecule has 0 spiro atoms. The number of aromatic carboxylic acids is 1. The van der Waals surface area contributed by atoms with Crippen molar-refractivity contribution < 1.29 is 9.90 Å². The van der Waals surface area contributed by atoms with E-state index in [-0.39, 0.29) is 5.56 Å². The van der Waals surface area contributed by atoms with Crippen LogP contribution in [-0.4, -0.2) is 54.1 Å². The van der Waals surface area contributed by atoms with Crippen molar-refractivity contribution in [3.05, 3.63) is 34.3 Å². The Bertz CT molecular complexity index is 485. The molecule has 0 atom stereocenters. The van der Waals surface area contributed by atoms with E-state index in [1.165, 1.54) is 6.07 Å². The maximum atomic E-state index is 10.9. The van der Waals surface area contributed by atoms with Gasteiger partial charge in [0.05, 0.1) is 5.56 Å². The van der Waals surface area contributed by atoms with E-state index in [1.54, 1.807) is 6.07 Å². The first-order valence-corrected chi connectivity index (χ1v) is 7.25. The van der Waals surface area contributed by atoms with E-state index in [1.807, 2.05) is 6.07 Å². The zero-order valence-electron chi connectivity index (χ0n) is 12.0.